The van der Waals surface area contributed by atoms with Crippen molar-refractivity contribution in [3.8, 4) is 0 Å². The Hall–Kier alpha value is -0.610. The van der Waals surface area contributed by atoms with Gasteiger partial charge in [-0.15, -0.1) is 0 Å². The molecule has 0 saturated carbocycles. The van der Waals surface area contributed by atoms with Crippen molar-refractivity contribution in [2.24, 2.45) is 0 Å². The zero-order chi connectivity index (χ0) is 19.8. The van der Waals surface area contributed by atoms with Crippen LogP contribution < -0.4 is 0 Å². The number of aliphatic carboxylic acids is 1. The molecule has 0 amide bonds. The standard InChI is InChI=1S/C23H46O4/c1-2-3-4-5-6-7-8-9-10-11-12-13-14-15-16-17-18-19-26-20-21-27-22-23(24)25/h2-22H2,1H3,(H,24,25). The fraction of sp³-hybridized carbons (Fsp3) is 0.957. The van der Waals surface area contributed by atoms with Crippen molar-refractivity contribution in [3.63, 3.8) is 0 Å². The van der Waals surface area contributed by atoms with E-state index in [1.165, 1.54) is 103 Å². The molecule has 0 atom stereocenters. The van der Waals surface area contributed by atoms with Gasteiger partial charge in [-0.3, -0.25) is 0 Å². The lowest BCUT2D eigenvalue weighted by atomic mass is 10.0. The van der Waals surface area contributed by atoms with E-state index in [0.717, 1.165) is 13.0 Å². The van der Waals surface area contributed by atoms with Crippen LogP contribution in [0.15, 0.2) is 0 Å². The number of ether oxygens (including phenoxy) is 2. The first-order valence-corrected chi connectivity index (χ1v) is 11.6. The molecule has 0 saturated heterocycles. The predicted molar refractivity (Wildman–Crippen MR) is 113 cm³/mol. The molecule has 0 aliphatic carbocycles. The number of hydrogen-bond donors (Lipinski definition) is 1. The Morgan fingerprint density at radius 3 is 1.33 bits per heavy atom. The number of rotatable bonds is 23. The van der Waals surface area contributed by atoms with Crippen LogP contribution in [0.3, 0.4) is 0 Å². The minimum Gasteiger partial charge on any atom is -0.480 e. The number of carboxylic acid groups (broad SMARTS) is 1. The summed E-state index contributed by atoms with van der Waals surface area (Å²) in [4.78, 5) is 10.2. The molecule has 162 valence electrons. The maximum absolute atomic E-state index is 10.2. The summed E-state index contributed by atoms with van der Waals surface area (Å²) in [6.45, 7) is 3.66. The summed E-state index contributed by atoms with van der Waals surface area (Å²) < 4.78 is 10.3. The van der Waals surface area contributed by atoms with Gasteiger partial charge in [-0.1, -0.05) is 110 Å². The van der Waals surface area contributed by atoms with Crippen molar-refractivity contribution in [1.29, 1.82) is 0 Å². The number of carbonyl (C=O) groups is 1. The number of hydrogen-bond acceptors (Lipinski definition) is 3. The van der Waals surface area contributed by atoms with Crippen molar-refractivity contribution >= 4 is 5.97 Å². The molecule has 4 nitrogen and oxygen atoms in total. The van der Waals surface area contributed by atoms with E-state index in [1.54, 1.807) is 0 Å². The van der Waals surface area contributed by atoms with Crippen LogP contribution in [-0.4, -0.2) is 37.5 Å². The zero-order valence-corrected chi connectivity index (χ0v) is 18.0. The molecule has 0 heterocycles. The van der Waals surface area contributed by atoms with Gasteiger partial charge in [-0.05, 0) is 6.42 Å². The van der Waals surface area contributed by atoms with Gasteiger partial charge >= 0.3 is 5.97 Å². The summed E-state index contributed by atoms with van der Waals surface area (Å²) in [5.41, 5.74) is 0. The van der Waals surface area contributed by atoms with E-state index in [-0.39, 0.29) is 6.61 Å². The smallest absolute Gasteiger partial charge is 0.329 e. The molecule has 0 aromatic carbocycles. The van der Waals surface area contributed by atoms with Gasteiger partial charge in [0.2, 0.25) is 0 Å². The highest BCUT2D eigenvalue weighted by molar-refractivity contribution is 5.67. The van der Waals surface area contributed by atoms with Crippen LogP contribution in [0.25, 0.3) is 0 Å². The lowest BCUT2D eigenvalue weighted by molar-refractivity contribution is -0.142. The average molecular weight is 387 g/mol. The molecule has 0 rings (SSSR count). The monoisotopic (exact) mass is 386 g/mol. The van der Waals surface area contributed by atoms with E-state index in [0.29, 0.717) is 13.2 Å². The van der Waals surface area contributed by atoms with Gasteiger partial charge in [-0.25, -0.2) is 4.79 Å². The SMILES string of the molecule is CCCCCCCCCCCCCCCCCCCOCCOCC(=O)O. The molecular formula is C23H46O4. The lowest BCUT2D eigenvalue weighted by Gasteiger charge is -2.05. The van der Waals surface area contributed by atoms with Crippen molar-refractivity contribution in [2.75, 3.05) is 26.4 Å². The highest BCUT2D eigenvalue weighted by atomic mass is 16.5. The van der Waals surface area contributed by atoms with Crippen LogP contribution in [0, 0.1) is 0 Å². The Morgan fingerprint density at radius 1 is 0.556 bits per heavy atom. The normalized spacial score (nSPS) is 11.1. The largest absolute Gasteiger partial charge is 0.480 e. The molecule has 0 radical (unpaired) electrons. The van der Waals surface area contributed by atoms with Crippen LogP contribution in [0.1, 0.15) is 116 Å². The Labute approximate surface area is 168 Å². The fourth-order valence-electron chi connectivity index (χ4n) is 3.31. The van der Waals surface area contributed by atoms with Gasteiger partial charge in [0.05, 0.1) is 13.2 Å². The van der Waals surface area contributed by atoms with E-state index < -0.39 is 5.97 Å². The van der Waals surface area contributed by atoms with E-state index in [1.807, 2.05) is 0 Å². The molecule has 0 bridgehead atoms. The van der Waals surface area contributed by atoms with Crippen molar-refractivity contribution in [2.45, 2.75) is 116 Å². The van der Waals surface area contributed by atoms with Crippen LogP contribution in [0.5, 0.6) is 0 Å². The first-order valence-electron chi connectivity index (χ1n) is 11.6. The Morgan fingerprint density at radius 2 is 0.926 bits per heavy atom. The molecule has 0 aromatic rings. The first-order chi connectivity index (χ1) is 13.3. The van der Waals surface area contributed by atoms with Gasteiger partial charge in [0, 0.05) is 6.61 Å². The first kappa shape index (κ1) is 26.4. The van der Waals surface area contributed by atoms with Gasteiger partial charge in [0.25, 0.3) is 0 Å². The van der Waals surface area contributed by atoms with Crippen molar-refractivity contribution in [1.82, 2.24) is 0 Å². The molecule has 0 aliphatic rings. The number of carboxylic acids is 1. The topological polar surface area (TPSA) is 55.8 Å². The van der Waals surface area contributed by atoms with Gasteiger partial charge < -0.3 is 14.6 Å². The Balaban J connectivity index is 2.98. The fourth-order valence-corrected chi connectivity index (χ4v) is 3.31. The van der Waals surface area contributed by atoms with Crippen LogP contribution in [-0.2, 0) is 14.3 Å². The average Bonchev–Trinajstić information content (AvgIpc) is 2.65. The quantitative estimate of drug-likeness (QED) is 0.197. The third-order valence-electron chi connectivity index (χ3n) is 4.99. The van der Waals surface area contributed by atoms with Crippen LogP contribution in [0.4, 0.5) is 0 Å². The summed E-state index contributed by atoms with van der Waals surface area (Å²) in [7, 11) is 0. The summed E-state index contributed by atoms with van der Waals surface area (Å²) >= 11 is 0. The predicted octanol–water partition coefficient (Wildman–Crippen LogP) is 6.76. The highest BCUT2D eigenvalue weighted by Gasteiger charge is 1.97. The van der Waals surface area contributed by atoms with E-state index in [2.05, 4.69) is 6.92 Å². The van der Waals surface area contributed by atoms with E-state index in [9.17, 15) is 4.79 Å². The molecule has 0 aromatic heterocycles. The summed E-state index contributed by atoms with van der Waals surface area (Å²) in [6, 6.07) is 0. The summed E-state index contributed by atoms with van der Waals surface area (Å²) in [6.07, 6.45) is 23.4. The van der Waals surface area contributed by atoms with Crippen LogP contribution >= 0.6 is 0 Å². The zero-order valence-electron chi connectivity index (χ0n) is 18.0. The highest BCUT2D eigenvalue weighted by Crippen LogP contribution is 2.14. The van der Waals surface area contributed by atoms with Crippen LogP contribution in [0.2, 0.25) is 0 Å². The molecule has 0 unspecified atom stereocenters. The van der Waals surface area contributed by atoms with Crippen molar-refractivity contribution in [3.05, 3.63) is 0 Å². The maximum atomic E-state index is 10.2. The summed E-state index contributed by atoms with van der Waals surface area (Å²) in [5.74, 6) is -0.928. The number of unbranched alkanes of at least 4 members (excludes halogenated alkanes) is 16. The molecule has 0 aliphatic heterocycles. The summed E-state index contributed by atoms with van der Waals surface area (Å²) in [5, 5.41) is 8.41. The second kappa shape index (κ2) is 23.4. The van der Waals surface area contributed by atoms with Gasteiger partial charge in [0.1, 0.15) is 6.61 Å². The van der Waals surface area contributed by atoms with Crippen molar-refractivity contribution < 1.29 is 19.4 Å². The third-order valence-corrected chi connectivity index (χ3v) is 4.99. The molecule has 0 fully saturated rings. The second-order valence-corrected chi connectivity index (χ2v) is 7.72. The molecule has 4 heteroatoms. The minimum absolute atomic E-state index is 0.234. The molecule has 1 N–H and O–H groups in total. The maximum Gasteiger partial charge on any atom is 0.329 e. The van der Waals surface area contributed by atoms with Gasteiger partial charge in [0.15, 0.2) is 0 Å². The molecular weight excluding hydrogens is 340 g/mol. The van der Waals surface area contributed by atoms with E-state index in [4.69, 9.17) is 14.6 Å². The van der Waals surface area contributed by atoms with E-state index >= 15 is 0 Å². The lowest BCUT2D eigenvalue weighted by Crippen LogP contribution is -2.11. The second-order valence-electron chi connectivity index (χ2n) is 7.72. The van der Waals surface area contributed by atoms with Gasteiger partial charge in [-0.2, -0.15) is 0 Å². The minimum atomic E-state index is -0.928. The Bertz CT molecular complexity index is 294. The molecule has 27 heavy (non-hydrogen) atoms. The Kier molecular flexibility index (Phi) is 22.9. The molecule has 0 spiro atoms. The third kappa shape index (κ3) is 25.4.